The number of hydrogen-bond acceptors (Lipinski definition) is 3. The molecule has 0 radical (unpaired) electrons. The molecule has 0 aliphatic heterocycles. The molecule has 0 spiro atoms. The summed E-state index contributed by atoms with van der Waals surface area (Å²) in [6.07, 6.45) is 2.23. The van der Waals surface area contributed by atoms with Crippen LogP contribution in [0.4, 0.5) is 0 Å². The lowest BCUT2D eigenvalue weighted by molar-refractivity contribution is 0.856. The van der Waals surface area contributed by atoms with Crippen molar-refractivity contribution in [2.24, 2.45) is 0 Å². The van der Waals surface area contributed by atoms with E-state index in [9.17, 15) is 4.79 Å². The molecule has 0 bridgehead atoms. The Balaban J connectivity index is 2.28. The molecule has 0 fully saturated rings. The summed E-state index contributed by atoms with van der Waals surface area (Å²) < 4.78 is 1.57. The molecule has 96 valence electrons. The number of aromatic amines is 1. The van der Waals surface area contributed by atoms with Crippen LogP contribution in [0, 0.1) is 0 Å². The lowest BCUT2D eigenvalue weighted by Crippen LogP contribution is -2.15. The van der Waals surface area contributed by atoms with Gasteiger partial charge in [-0.3, -0.25) is 0 Å². The predicted molar refractivity (Wildman–Crippen MR) is 74.8 cm³/mol. The maximum absolute atomic E-state index is 11.8. The summed E-state index contributed by atoms with van der Waals surface area (Å²) in [6, 6.07) is 7.14. The van der Waals surface area contributed by atoms with Gasteiger partial charge in [-0.25, -0.2) is 14.5 Å². The SMILES string of the molecule is CCCCSc1n[nH]c(=O)n1-c1ccc(Cl)cc1. The summed E-state index contributed by atoms with van der Waals surface area (Å²) in [5.41, 5.74) is 0.550. The van der Waals surface area contributed by atoms with Gasteiger partial charge < -0.3 is 0 Å². The number of unbranched alkanes of at least 4 members (excludes halogenated alkanes) is 1. The van der Waals surface area contributed by atoms with Gasteiger partial charge in [-0.1, -0.05) is 36.7 Å². The van der Waals surface area contributed by atoms with Crippen molar-refractivity contribution < 1.29 is 0 Å². The Labute approximate surface area is 114 Å². The molecule has 1 heterocycles. The Kier molecular flexibility index (Phi) is 4.49. The fraction of sp³-hybridized carbons (Fsp3) is 0.333. The molecule has 2 aromatic rings. The van der Waals surface area contributed by atoms with E-state index in [2.05, 4.69) is 17.1 Å². The zero-order chi connectivity index (χ0) is 13.0. The number of H-pyrrole nitrogens is 1. The van der Waals surface area contributed by atoms with E-state index in [1.807, 2.05) is 12.1 Å². The standard InChI is InChI=1S/C12H14ClN3OS/c1-2-3-8-18-12-15-14-11(17)16(12)10-6-4-9(13)5-7-10/h4-7H,2-3,8H2,1H3,(H,14,17). The van der Waals surface area contributed by atoms with E-state index in [4.69, 9.17) is 11.6 Å². The number of nitrogens with zero attached hydrogens (tertiary/aromatic N) is 2. The average Bonchev–Trinajstić information content (AvgIpc) is 2.72. The number of nitrogens with one attached hydrogen (secondary N) is 1. The summed E-state index contributed by atoms with van der Waals surface area (Å²) in [4.78, 5) is 11.8. The predicted octanol–water partition coefficient (Wildman–Crippen LogP) is 3.11. The van der Waals surface area contributed by atoms with Crippen molar-refractivity contribution in [1.29, 1.82) is 0 Å². The molecule has 1 aromatic heterocycles. The third-order valence-corrected chi connectivity index (χ3v) is 3.73. The second kappa shape index (κ2) is 6.11. The van der Waals surface area contributed by atoms with Crippen molar-refractivity contribution in [3.63, 3.8) is 0 Å². The smallest absolute Gasteiger partial charge is 0.246 e. The Morgan fingerprint density at radius 1 is 1.39 bits per heavy atom. The van der Waals surface area contributed by atoms with Crippen LogP contribution >= 0.6 is 23.4 Å². The van der Waals surface area contributed by atoms with E-state index >= 15 is 0 Å². The van der Waals surface area contributed by atoms with Crippen molar-refractivity contribution in [3.05, 3.63) is 39.8 Å². The van der Waals surface area contributed by atoms with E-state index < -0.39 is 0 Å². The lowest BCUT2D eigenvalue weighted by atomic mass is 10.3. The molecule has 0 aliphatic rings. The van der Waals surface area contributed by atoms with Crippen molar-refractivity contribution >= 4 is 23.4 Å². The number of rotatable bonds is 5. The normalized spacial score (nSPS) is 10.8. The van der Waals surface area contributed by atoms with Crippen LogP contribution < -0.4 is 5.69 Å². The van der Waals surface area contributed by atoms with Gasteiger partial charge in [0, 0.05) is 10.8 Å². The highest BCUT2D eigenvalue weighted by atomic mass is 35.5. The second-order valence-corrected chi connectivity index (χ2v) is 5.32. The third-order valence-electron chi connectivity index (χ3n) is 2.46. The number of thioether (sulfide) groups is 1. The van der Waals surface area contributed by atoms with Crippen molar-refractivity contribution in [3.8, 4) is 5.69 Å². The molecule has 0 saturated heterocycles. The van der Waals surface area contributed by atoms with Gasteiger partial charge in [0.15, 0.2) is 5.16 Å². The van der Waals surface area contributed by atoms with Gasteiger partial charge in [-0.05, 0) is 30.7 Å². The van der Waals surface area contributed by atoms with Crippen LogP contribution in [-0.4, -0.2) is 20.5 Å². The molecule has 4 nitrogen and oxygen atoms in total. The summed E-state index contributed by atoms with van der Waals surface area (Å²) in [7, 11) is 0. The van der Waals surface area contributed by atoms with Crippen molar-refractivity contribution in [1.82, 2.24) is 14.8 Å². The highest BCUT2D eigenvalue weighted by Crippen LogP contribution is 2.19. The third kappa shape index (κ3) is 2.97. The number of halogens is 1. The quantitative estimate of drug-likeness (QED) is 0.678. The fourth-order valence-corrected chi connectivity index (χ4v) is 2.67. The summed E-state index contributed by atoms with van der Waals surface area (Å²) >= 11 is 7.42. The van der Waals surface area contributed by atoms with Crippen LogP contribution in [0.25, 0.3) is 5.69 Å². The van der Waals surface area contributed by atoms with E-state index in [0.717, 1.165) is 24.3 Å². The van der Waals surface area contributed by atoms with Crippen LogP contribution in [-0.2, 0) is 0 Å². The van der Waals surface area contributed by atoms with E-state index in [-0.39, 0.29) is 5.69 Å². The Hall–Kier alpha value is -1.20. The first-order valence-corrected chi connectivity index (χ1v) is 7.15. The largest absolute Gasteiger partial charge is 0.348 e. The molecule has 0 amide bonds. The van der Waals surface area contributed by atoms with Gasteiger partial charge in [-0.2, -0.15) is 0 Å². The van der Waals surface area contributed by atoms with Gasteiger partial charge in [0.05, 0.1) is 5.69 Å². The molecule has 1 aromatic carbocycles. The van der Waals surface area contributed by atoms with Crippen molar-refractivity contribution in [2.75, 3.05) is 5.75 Å². The molecule has 2 rings (SSSR count). The van der Waals surface area contributed by atoms with Crippen LogP contribution in [0.15, 0.2) is 34.2 Å². The highest BCUT2D eigenvalue weighted by Gasteiger charge is 2.10. The first kappa shape index (κ1) is 13.2. The summed E-state index contributed by atoms with van der Waals surface area (Å²) in [5.74, 6) is 0.953. The van der Waals surface area contributed by atoms with E-state index in [0.29, 0.717) is 10.2 Å². The molecular formula is C12H14ClN3OS. The molecule has 0 unspecified atom stereocenters. The molecule has 0 saturated carbocycles. The van der Waals surface area contributed by atoms with Gasteiger partial charge in [0.25, 0.3) is 0 Å². The number of aromatic nitrogens is 3. The van der Waals surface area contributed by atoms with Gasteiger partial charge >= 0.3 is 5.69 Å². The van der Waals surface area contributed by atoms with E-state index in [1.54, 1.807) is 28.5 Å². The molecule has 0 aliphatic carbocycles. The zero-order valence-corrected chi connectivity index (χ0v) is 11.6. The fourth-order valence-electron chi connectivity index (χ4n) is 1.50. The maximum Gasteiger partial charge on any atom is 0.348 e. The van der Waals surface area contributed by atoms with Gasteiger partial charge in [-0.15, -0.1) is 5.10 Å². The molecule has 6 heteroatoms. The number of hydrogen-bond donors (Lipinski definition) is 1. The second-order valence-electron chi connectivity index (χ2n) is 3.83. The van der Waals surface area contributed by atoms with Crippen LogP contribution in [0.2, 0.25) is 5.02 Å². The van der Waals surface area contributed by atoms with Crippen LogP contribution in [0.3, 0.4) is 0 Å². The Morgan fingerprint density at radius 2 is 2.11 bits per heavy atom. The van der Waals surface area contributed by atoms with Gasteiger partial charge in [0.1, 0.15) is 0 Å². The van der Waals surface area contributed by atoms with Gasteiger partial charge in [0.2, 0.25) is 0 Å². The van der Waals surface area contributed by atoms with Crippen LogP contribution in [0.5, 0.6) is 0 Å². The topological polar surface area (TPSA) is 50.7 Å². The van der Waals surface area contributed by atoms with Crippen molar-refractivity contribution in [2.45, 2.75) is 24.9 Å². The van der Waals surface area contributed by atoms with Crippen LogP contribution in [0.1, 0.15) is 19.8 Å². The minimum atomic E-state index is -0.226. The summed E-state index contributed by atoms with van der Waals surface area (Å²) in [5, 5.41) is 7.86. The first-order valence-electron chi connectivity index (χ1n) is 5.78. The number of benzene rings is 1. The Bertz CT molecular complexity index is 561. The minimum Gasteiger partial charge on any atom is -0.246 e. The first-order chi connectivity index (χ1) is 8.72. The average molecular weight is 284 g/mol. The molecule has 18 heavy (non-hydrogen) atoms. The molecule has 0 atom stereocenters. The lowest BCUT2D eigenvalue weighted by Gasteiger charge is -2.04. The maximum atomic E-state index is 11.8. The highest BCUT2D eigenvalue weighted by molar-refractivity contribution is 7.99. The monoisotopic (exact) mass is 283 g/mol. The molecular weight excluding hydrogens is 270 g/mol. The minimum absolute atomic E-state index is 0.226. The summed E-state index contributed by atoms with van der Waals surface area (Å²) in [6.45, 7) is 2.14. The van der Waals surface area contributed by atoms with E-state index in [1.165, 1.54) is 0 Å². The Morgan fingerprint density at radius 3 is 2.78 bits per heavy atom. The zero-order valence-electron chi connectivity index (χ0n) is 10.0. The molecule has 1 N–H and O–H groups in total.